The van der Waals surface area contributed by atoms with E-state index in [1.54, 1.807) is 18.2 Å². The number of aliphatic hydroxyl groups is 1. The molecule has 0 fully saturated rings. The van der Waals surface area contributed by atoms with Gasteiger partial charge < -0.3 is 14.6 Å². The highest BCUT2D eigenvalue weighted by Crippen LogP contribution is 2.29. The van der Waals surface area contributed by atoms with Gasteiger partial charge in [-0.05, 0) is 17.7 Å². The summed E-state index contributed by atoms with van der Waals surface area (Å²) in [4.78, 5) is 0. The van der Waals surface area contributed by atoms with Crippen molar-refractivity contribution >= 4 is 0 Å². The summed E-state index contributed by atoms with van der Waals surface area (Å²) >= 11 is 0. The Morgan fingerprint density at radius 3 is 2.43 bits per heavy atom. The average molecular weight is 200 g/mol. The lowest BCUT2D eigenvalue weighted by molar-refractivity contribution is 0.141. The predicted octanol–water partition coefficient (Wildman–Crippen LogP) is 1.71. The summed E-state index contributed by atoms with van der Waals surface area (Å²) in [7, 11) is 3.01. The summed E-state index contributed by atoms with van der Waals surface area (Å²) in [5, 5.41) is 9.24. The molecule has 0 radical (unpaired) electrons. The van der Waals surface area contributed by atoms with Gasteiger partial charge in [-0.15, -0.1) is 0 Å². The zero-order chi connectivity index (χ0) is 10.6. The first kappa shape index (κ1) is 10.8. The fourth-order valence-corrected chi connectivity index (χ4v) is 1.15. The number of aliphatic hydroxyl groups excluding tert-OH is 1. The molecule has 0 spiro atoms. The number of hydrogen-bond donors (Lipinski definition) is 1. The van der Waals surface area contributed by atoms with Crippen LogP contribution in [0.15, 0.2) is 18.2 Å². The van der Waals surface area contributed by atoms with E-state index in [1.165, 1.54) is 14.2 Å². The molecule has 1 rings (SSSR count). The van der Waals surface area contributed by atoms with Crippen molar-refractivity contribution in [2.45, 2.75) is 6.10 Å². The van der Waals surface area contributed by atoms with Gasteiger partial charge in [0, 0.05) is 0 Å². The fraction of sp³-hybridized carbons (Fsp3) is 0.400. The minimum atomic E-state index is -1.10. The number of methoxy groups -OCH3 is 2. The topological polar surface area (TPSA) is 38.7 Å². The zero-order valence-corrected chi connectivity index (χ0v) is 8.16. The van der Waals surface area contributed by atoms with Crippen LogP contribution in [0.2, 0.25) is 0 Å². The van der Waals surface area contributed by atoms with Crippen molar-refractivity contribution < 1.29 is 19.0 Å². The van der Waals surface area contributed by atoms with Crippen LogP contribution < -0.4 is 9.47 Å². The Morgan fingerprint density at radius 2 is 1.93 bits per heavy atom. The highest BCUT2D eigenvalue weighted by atomic mass is 19.1. The molecule has 4 heteroatoms. The molecular formula is C10H13FO3. The molecule has 1 N–H and O–H groups in total. The number of benzene rings is 1. The summed E-state index contributed by atoms with van der Waals surface area (Å²) in [6, 6.07) is 4.79. The summed E-state index contributed by atoms with van der Waals surface area (Å²) < 4.78 is 22.2. The van der Waals surface area contributed by atoms with Crippen LogP contribution in [0.1, 0.15) is 11.7 Å². The number of hydrogen-bond acceptors (Lipinski definition) is 3. The van der Waals surface area contributed by atoms with E-state index >= 15 is 0 Å². The van der Waals surface area contributed by atoms with Crippen LogP contribution in [0.25, 0.3) is 0 Å². The maximum absolute atomic E-state index is 12.2. The van der Waals surface area contributed by atoms with Gasteiger partial charge in [0.1, 0.15) is 12.8 Å². The predicted molar refractivity (Wildman–Crippen MR) is 50.5 cm³/mol. The molecule has 0 aliphatic heterocycles. The molecule has 1 atom stereocenters. The second-order valence-electron chi connectivity index (χ2n) is 2.78. The number of ether oxygens (including phenoxy) is 2. The van der Waals surface area contributed by atoms with Gasteiger partial charge in [0.05, 0.1) is 14.2 Å². The average Bonchev–Trinajstić information content (AvgIpc) is 2.26. The van der Waals surface area contributed by atoms with Crippen LogP contribution in [0.3, 0.4) is 0 Å². The third-order valence-electron chi connectivity index (χ3n) is 1.94. The minimum absolute atomic E-state index is 0.477. The monoisotopic (exact) mass is 200 g/mol. The SMILES string of the molecule is COc1ccc(C(O)CF)cc1OC. The maximum atomic E-state index is 12.2. The van der Waals surface area contributed by atoms with Crippen molar-refractivity contribution in [1.29, 1.82) is 0 Å². The van der Waals surface area contributed by atoms with Gasteiger partial charge in [-0.3, -0.25) is 0 Å². The first-order valence-corrected chi connectivity index (χ1v) is 4.19. The Balaban J connectivity index is 3.01. The molecule has 0 amide bonds. The normalized spacial score (nSPS) is 12.3. The molecule has 0 heterocycles. The van der Waals surface area contributed by atoms with E-state index in [9.17, 15) is 9.50 Å². The van der Waals surface area contributed by atoms with Crippen LogP contribution in [0, 0.1) is 0 Å². The summed E-state index contributed by atoms with van der Waals surface area (Å²) in [5.41, 5.74) is 0.477. The number of alkyl halides is 1. The van der Waals surface area contributed by atoms with E-state index in [1.807, 2.05) is 0 Å². The lowest BCUT2D eigenvalue weighted by Crippen LogP contribution is -2.00. The van der Waals surface area contributed by atoms with Crippen molar-refractivity contribution in [1.82, 2.24) is 0 Å². The van der Waals surface area contributed by atoms with E-state index in [4.69, 9.17) is 9.47 Å². The molecule has 78 valence electrons. The molecule has 0 aromatic heterocycles. The van der Waals surface area contributed by atoms with Gasteiger partial charge >= 0.3 is 0 Å². The molecule has 14 heavy (non-hydrogen) atoms. The summed E-state index contributed by atoms with van der Waals surface area (Å²) in [6.45, 7) is -0.810. The molecule has 0 saturated heterocycles. The fourth-order valence-electron chi connectivity index (χ4n) is 1.15. The van der Waals surface area contributed by atoms with Crippen LogP contribution in [-0.2, 0) is 0 Å². The smallest absolute Gasteiger partial charge is 0.161 e. The Bertz CT molecular complexity index is 301. The Labute approximate surface area is 82.1 Å². The summed E-state index contributed by atoms with van der Waals surface area (Å²) in [5.74, 6) is 1.04. The lowest BCUT2D eigenvalue weighted by atomic mass is 10.1. The molecule has 1 unspecified atom stereocenters. The van der Waals surface area contributed by atoms with Gasteiger partial charge in [0.25, 0.3) is 0 Å². The van der Waals surface area contributed by atoms with E-state index in [-0.39, 0.29) is 0 Å². The molecule has 0 bridgehead atoms. The van der Waals surface area contributed by atoms with Crippen molar-refractivity contribution in [3.8, 4) is 11.5 Å². The zero-order valence-electron chi connectivity index (χ0n) is 8.16. The quantitative estimate of drug-likeness (QED) is 0.804. The van der Waals surface area contributed by atoms with Gasteiger partial charge in [0.15, 0.2) is 11.5 Å². The Morgan fingerprint density at radius 1 is 1.29 bits per heavy atom. The van der Waals surface area contributed by atoms with Crippen LogP contribution in [0.5, 0.6) is 11.5 Å². The number of halogens is 1. The van der Waals surface area contributed by atoms with Gasteiger partial charge in [-0.1, -0.05) is 6.07 Å². The van der Waals surface area contributed by atoms with Crippen LogP contribution >= 0.6 is 0 Å². The second kappa shape index (κ2) is 4.81. The van der Waals surface area contributed by atoms with Crippen LogP contribution in [0.4, 0.5) is 4.39 Å². The maximum Gasteiger partial charge on any atom is 0.161 e. The van der Waals surface area contributed by atoms with E-state index in [0.29, 0.717) is 17.1 Å². The van der Waals surface area contributed by atoms with Crippen molar-refractivity contribution in [2.24, 2.45) is 0 Å². The molecular weight excluding hydrogens is 187 g/mol. The molecule has 1 aromatic carbocycles. The Kier molecular flexibility index (Phi) is 3.71. The third kappa shape index (κ3) is 2.14. The lowest BCUT2D eigenvalue weighted by Gasteiger charge is -2.11. The van der Waals surface area contributed by atoms with Gasteiger partial charge in [-0.25, -0.2) is 4.39 Å². The van der Waals surface area contributed by atoms with Crippen LogP contribution in [-0.4, -0.2) is 26.0 Å². The van der Waals surface area contributed by atoms with E-state index < -0.39 is 12.8 Å². The third-order valence-corrected chi connectivity index (χ3v) is 1.94. The minimum Gasteiger partial charge on any atom is -0.493 e. The van der Waals surface area contributed by atoms with Crippen molar-refractivity contribution in [3.63, 3.8) is 0 Å². The molecule has 3 nitrogen and oxygen atoms in total. The molecule has 1 aromatic rings. The number of rotatable bonds is 4. The van der Waals surface area contributed by atoms with Gasteiger partial charge in [0.2, 0.25) is 0 Å². The standard InChI is InChI=1S/C10H13FO3/c1-13-9-4-3-7(8(12)6-11)5-10(9)14-2/h3-5,8,12H,6H2,1-2H3. The molecule has 0 aliphatic rings. The van der Waals surface area contributed by atoms with Gasteiger partial charge in [-0.2, -0.15) is 0 Å². The second-order valence-corrected chi connectivity index (χ2v) is 2.78. The first-order valence-electron chi connectivity index (χ1n) is 4.19. The largest absolute Gasteiger partial charge is 0.493 e. The summed E-state index contributed by atoms with van der Waals surface area (Å²) in [6.07, 6.45) is -1.10. The highest BCUT2D eigenvalue weighted by molar-refractivity contribution is 5.43. The molecule has 0 aliphatic carbocycles. The highest BCUT2D eigenvalue weighted by Gasteiger charge is 2.10. The first-order chi connectivity index (χ1) is 6.72. The van der Waals surface area contributed by atoms with Crippen molar-refractivity contribution in [2.75, 3.05) is 20.9 Å². The molecule has 0 saturated carbocycles. The van der Waals surface area contributed by atoms with E-state index in [0.717, 1.165) is 0 Å². The van der Waals surface area contributed by atoms with E-state index in [2.05, 4.69) is 0 Å². The van der Waals surface area contributed by atoms with Crippen molar-refractivity contribution in [3.05, 3.63) is 23.8 Å². The Hall–Kier alpha value is -1.29.